The maximum Gasteiger partial charge on any atom is 0.255 e. The monoisotopic (exact) mass is 413 g/mol. The Kier molecular flexibility index (Phi) is 6.23. The molecule has 29 heavy (non-hydrogen) atoms. The Labute approximate surface area is 175 Å². The van der Waals surface area contributed by atoms with Crippen LogP contribution in [0.25, 0.3) is 0 Å². The van der Waals surface area contributed by atoms with Gasteiger partial charge in [-0.1, -0.05) is 12.1 Å². The van der Waals surface area contributed by atoms with Crippen molar-refractivity contribution in [2.24, 2.45) is 0 Å². The van der Waals surface area contributed by atoms with Crippen LogP contribution < -0.4 is 30.2 Å². The number of allylic oxidation sites excluding steroid dienone is 1. The van der Waals surface area contributed by atoms with Gasteiger partial charge in [-0.3, -0.25) is 4.79 Å². The number of benzene rings is 2. The number of carbonyl (C=O) groups excluding carboxylic acids is 1. The van der Waals surface area contributed by atoms with E-state index in [0.717, 1.165) is 5.56 Å². The molecule has 8 heteroatoms. The molecule has 0 unspecified atom stereocenters. The van der Waals surface area contributed by atoms with Crippen molar-refractivity contribution >= 4 is 28.9 Å². The highest BCUT2D eigenvalue weighted by atomic mass is 32.1. The van der Waals surface area contributed by atoms with Gasteiger partial charge in [0.25, 0.3) is 5.91 Å². The van der Waals surface area contributed by atoms with E-state index in [2.05, 4.69) is 16.0 Å². The van der Waals surface area contributed by atoms with E-state index in [9.17, 15) is 4.79 Å². The number of nitrogens with one attached hydrogen (secondary N) is 3. The molecule has 1 amide bonds. The highest BCUT2D eigenvalue weighted by molar-refractivity contribution is 7.80. The van der Waals surface area contributed by atoms with Crippen molar-refractivity contribution in [2.75, 3.05) is 26.6 Å². The smallest absolute Gasteiger partial charge is 0.255 e. The summed E-state index contributed by atoms with van der Waals surface area (Å²) in [7, 11) is 4.71. The number of rotatable bonds is 6. The first kappa shape index (κ1) is 20.5. The zero-order chi connectivity index (χ0) is 21.0. The van der Waals surface area contributed by atoms with E-state index >= 15 is 0 Å². The van der Waals surface area contributed by atoms with E-state index in [1.54, 1.807) is 32.4 Å². The highest BCUT2D eigenvalue weighted by Crippen LogP contribution is 2.33. The molecule has 0 saturated carbocycles. The predicted molar refractivity (Wildman–Crippen MR) is 115 cm³/mol. The minimum absolute atomic E-state index is 0.277. The molecule has 152 valence electrons. The third kappa shape index (κ3) is 4.43. The van der Waals surface area contributed by atoms with Gasteiger partial charge in [0.1, 0.15) is 17.2 Å². The van der Waals surface area contributed by atoms with Gasteiger partial charge in [0.15, 0.2) is 5.11 Å². The van der Waals surface area contributed by atoms with Crippen molar-refractivity contribution in [1.29, 1.82) is 0 Å². The van der Waals surface area contributed by atoms with Crippen LogP contribution in [0.3, 0.4) is 0 Å². The Morgan fingerprint density at radius 2 is 1.76 bits per heavy atom. The van der Waals surface area contributed by atoms with Crippen molar-refractivity contribution in [1.82, 2.24) is 10.6 Å². The summed E-state index contributed by atoms with van der Waals surface area (Å²) in [5, 5.41) is 9.58. The zero-order valence-electron chi connectivity index (χ0n) is 16.7. The normalized spacial score (nSPS) is 15.9. The Bertz CT molecular complexity index is 974. The van der Waals surface area contributed by atoms with Crippen LogP contribution in [0.15, 0.2) is 53.7 Å². The first-order chi connectivity index (χ1) is 14.0. The van der Waals surface area contributed by atoms with Crippen molar-refractivity contribution in [3.05, 3.63) is 59.3 Å². The average molecular weight is 413 g/mol. The molecule has 3 rings (SSSR count). The van der Waals surface area contributed by atoms with Crippen LogP contribution in [0.4, 0.5) is 5.69 Å². The third-order valence-electron chi connectivity index (χ3n) is 4.60. The van der Waals surface area contributed by atoms with Crippen molar-refractivity contribution in [3.63, 3.8) is 0 Å². The van der Waals surface area contributed by atoms with Gasteiger partial charge < -0.3 is 30.2 Å². The molecule has 3 N–H and O–H groups in total. The van der Waals surface area contributed by atoms with Gasteiger partial charge in [-0.15, -0.1) is 0 Å². The lowest BCUT2D eigenvalue weighted by Gasteiger charge is -2.30. The van der Waals surface area contributed by atoms with Crippen molar-refractivity contribution < 1.29 is 19.0 Å². The summed E-state index contributed by atoms with van der Waals surface area (Å²) < 4.78 is 15.9. The van der Waals surface area contributed by atoms with Crippen LogP contribution in [-0.4, -0.2) is 32.3 Å². The Balaban J connectivity index is 1.96. The number of hydrogen-bond acceptors (Lipinski definition) is 5. The third-order valence-corrected chi connectivity index (χ3v) is 4.82. The van der Waals surface area contributed by atoms with Gasteiger partial charge in [0.05, 0.1) is 38.6 Å². The molecule has 1 aliphatic heterocycles. The van der Waals surface area contributed by atoms with Crippen molar-refractivity contribution in [2.45, 2.75) is 13.0 Å². The van der Waals surface area contributed by atoms with Crippen LogP contribution in [0.2, 0.25) is 0 Å². The molecule has 1 heterocycles. The molecule has 0 aromatic heterocycles. The molecule has 1 atom stereocenters. The number of ether oxygens (including phenoxy) is 3. The van der Waals surface area contributed by atoms with Crippen LogP contribution >= 0.6 is 12.2 Å². The van der Waals surface area contributed by atoms with E-state index in [-0.39, 0.29) is 5.91 Å². The molecule has 0 saturated heterocycles. The van der Waals surface area contributed by atoms with Gasteiger partial charge >= 0.3 is 0 Å². The fraction of sp³-hybridized carbons (Fsp3) is 0.238. The molecule has 1 aliphatic rings. The summed E-state index contributed by atoms with van der Waals surface area (Å²) >= 11 is 5.30. The number of anilines is 1. The molecular formula is C21H23N3O4S. The van der Waals surface area contributed by atoms with E-state index in [0.29, 0.717) is 39.3 Å². The summed E-state index contributed by atoms with van der Waals surface area (Å²) in [6.07, 6.45) is 0. The predicted octanol–water partition coefficient (Wildman–Crippen LogP) is 3.14. The van der Waals surface area contributed by atoms with Crippen LogP contribution in [0.1, 0.15) is 18.5 Å². The summed E-state index contributed by atoms with van der Waals surface area (Å²) in [4.78, 5) is 13.2. The molecule has 0 bridgehead atoms. The number of hydrogen-bond donors (Lipinski definition) is 3. The second-order valence-corrected chi connectivity index (χ2v) is 6.78. The van der Waals surface area contributed by atoms with Crippen LogP contribution in [0, 0.1) is 0 Å². The van der Waals surface area contributed by atoms with Gasteiger partial charge in [-0.2, -0.15) is 0 Å². The minimum Gasteiger partial charge on any atom is -0.497 e. The quantitative estimate of drug-likeness (QED) is 0.628. The molecular weight excluding hydrogens is 390 g/mol. The lowest BCUT2D eigenvalue weighted by molar-refractivity contribution is -0.113. The Hall–Kier alpha value is -3.26. The first-order valence-corrected chi connectivity index (χ1v) is 9.33. The average Bonchev–Trinajstić information content (AvgIpc) is 2.73. The summed E-state index contributed by atoms with van der Waals surface area (Å²) in [6.45, 7) is 1.82. The number of methoxy groups -OCH3 is 3. The molecule has 2 aromatic rings. The second-order valence-electron chi connectivity index (χ2n) is 6.37. The number of carbonyl (C=O) groups is 1. The van der Waals surface area contributed by atoms with Crippen LogP contribution in [0.5, 0.6) is 17.2 Å². The zero-order valence-corrected chi connectivity index (χ0v) is 17.5. The number of amides is 1. The van der Waals surface area contributed by atoms with Gasteiger partial charge in [-0.25, -0.2) is 0 Å². The van der Waals surface area contributed by atoms with E-state index < -0.39 is 6.04 Å². The van der Waals surface area contributed by atoms with Gasteiger partial charge in [0, 0.05) is 11.8 Å². The van der Waals surface area contributed by atoms with Gasteiger partial charge in [0.2, 0.25) is 0 Å². The largest absolute Gasteiger partial charge is 0.497 e. The SMILES string of the molecule is COc1cccc([C@H]2NC(=S)NC(C)=C2C(=O)Nc2ccc(OC)cc2OC)c1. The highest BCUT2D eigenvalue weighted by Gasteiger charge is 2.30. The topological polar surface area (TPSA) is 80.9 Å². The van der Waals surface area contributed by atoms with Crippen molar-refractivity contribution in [3.8, 4) is 17.2 Å². The molecule has 0 radical (unpaired) electrons. The lowest BCUT2D eigenvalue weighted by Crippen LogP contribution is -2.45. The van der Waals surface area contributed by atoms with E-state index in [4.69, 9.17) is 26.4 Å². The van der Waals surface area contributed by atoms with E-state index in [1.165, 1.54) is 7.11 Å². The molecule has 2 aromatic carbocycles. The van der Waals surface area contributed by atoms with Gasteiger partial charge in [-0.05, 0) is 49.0 Å². The fourth-order valence-corrected chi connectivity index (χ4v) is 3.43. The summed E-state index contributed by atoms with van der Waals surface area (Å²) in [5.74, 6) is 1.56. The molecule has 0 aliphatic carbocycles. The maximum absolute atomic E-state index is 13.2. The summed E-state index contributed by atoms with van der Waals surface area (Å²) in [6, 6.07) is 12.3. The second kappa shape index (κ2) is 8.83. The molecule has 7 nitrogen and oxygen atoms in total. The van der Waals surface area contributed by atoms with E-state index in [1.807, 2.05) is 31.2 Å². The number of thiocarbonyl (C=S) groups is 1. The Morgan fingerprint density at radius 3 is 2.45 bits per heavy atom. The van der Waals surface area contributed by atoms with Crippen LogP contribution in [-0.2, 0) is 4.79 Å². The summed E-state index contributed by atoms with van der Waals surface area (Å²) in [5.41, 5.74) is 2.59. The fourth-order valence-electron chi connectivity index (χ4n) is 3.16. The maximum atomic E-state index is 13.2. The minimum atomic E-state index is -0.428. The molecule has 0 spiro atoms. The standard InChI is InChI=1S/C21H23N3O4S/c1-12-18(20(25)23-16-9-8-15(27-3)11-17(16)28-4)19(24-21(29)22-12)13-6-5-7-14(10-13)26-2/h5-11,19H,1-4H3,(H,23,25)(H2,22,24,29)/t19-/m1/s1. The lowest BCUT2D eigenvalue weighted by atomic mass is 9.94. The first-order valence-electron chi connectivity index (χ1n) is 8.92. The molecule has 0 fully saturated rings. The Morgan fingerprint density at radius 1 is 1.03 bits per heavy atom.